The van der Waals surface area contributed by atoms with Crippen LogP contribution in [0.1, 0.15) is 28.7 Å². The molecular formula is C35H30N6O2. The van der Waals surface area contributed by atoms with Crippen molar-refractivity contribution < 1.29 is 9.52 Å². The zero-order valence-electron chi connectivity index (χ0n) is 24.0. The molecule has 0 amide bonds. The number of aliphatic hydroxyl groups is 1. The van der Waals surface area contributed by atoms with Gasteiger partial charge in [0.1, 0.15) is 17.1 Å². The molecule has 3 aromatic heterocycles. The Morgan fingerprint density at radius 2 is 1.79 bits per heavy atom. The van der Waals surface area contributed by atoms with Gasteiger partial charge in [-0.05, 0) is 84.5 Å². The van der Waals surface area contributed by atoms with Crippen LogP contribution >= 0.6 is 0 Å². The lowest BCUT2D eigenvalue weighted by Gasteiger charge is -2.17. The molecule has 0 saturated carbocycles. The maximum absolute atomic E-state index is 9.88. The second-order valence-corrected chi connectivity index (χ2v) is 11.1. The minimum atomic E-state index is -0.238. The lowest BCUT2D eigenvalue weighted by molar-refractivity contribution is 0.175. The number of nitrogens with zero attached hydrogens (tertiary/aromatic N) is 5. The monoisotopic (exact) mass is 566 g/mol. The molecule has 0 aliphatic carbocycles. The predicted octanol–water partition coefficient (Wildman–Crippen LogP) is 6.90. The molecule has 8 heteroatoms. The normalized spacial score (nSPS) is 15.3. The van der Waals surface area contributed by atoms with E-state index in [9.17, 15) is 10.4 Å². The summed E-state index contributed by atoms with van der Waals surface area (Å²) in [6, 6.07) is 24.1. The first kappa shape index (κ1) is 26.8. The van der Waals surface area contributed by atoms with Gasteiger partial charge in [0, 0.05) is 48.7 Å². The number of benzene rings is 3. The van der Waals surface area contributed by atoms with Crippen LogP contribution in [0.5, 0.6) is 0 Å². The SMILES string of the molecule is Cc1c(Nc2nccc3cc(CN4CCC(O)C4)cnc23)cccc1-c1cccc(-c2nc3cccc(C#N)c3o2)c1C. The fourth-order valence-electron chi connectivity index (χ4n) is 6.00. The molecule has 8 nitrogen and oxygen atoms in total. The second-order valence-electron chi connectivity index (χ2n) is 11.1. The average molecular weight is 567 g/mol. The smallest absolute Gasteiger partial charge is 0.227 e. The molecule has 1 saturated heterocycles. The van der Waals surface area contributed by atoms with Crippen LogP contribution in [0.2, 0.25) is 0 Å². The van der Waals surface area contributed by atoms with Gasteiger partial charge in [-0.1, -0.05) is 30.3 Å². The number of likely N-dealkylation sites (tertiary alicyclic amines) is 1. The van der Waals surface area contributed by atoms with Crippen molar-refractivity contribution in [3.05, 3.63) is 101 Å². The number of para-hydroxylation sites is 1. The number of aliphatic hydroxyl groups excluding tert-OH is 1. The summed E-state index contributed by atoms with van der Waals surface area (Å²) >= 11 is 0. The van der Waals surface area contributed by atoms with Gasteiger partial charge in [-0.25, -0.2) is 9.97 Å². The summed E-state index contributed by atoms with van der Waals surface area (Å²) < 4.78 is 6.10. The quantitative estimate of drug-likeness (QED) is 0.224. The van der Waals surface area contributed by atoms with E-state index >= 15 is 0 Å². The van der Waals surface area contributed by atoms with Crippen molar-refractivity contribution in [1.29, 1.82) is 5.26 Å². The fourth-order valence-corrected chi connectivity index (χ4v) is 6.00. The van der Waals surface area contributed by atoms with Gasteiger partial charge in [-0.3, -0.25) is 9.88 Å². The minimum absolute atomic E-state index is 0.238. The third kappa shape index (κ3) is 4.99. The van der Waals surface area contributed by atoms with E-state index in [-0.39, 0.29) is 6.10 Å². The highest BCUT2D eigenvalue weighted by Gasteiger charge is 2.21. The van der Waals surface area contributed by atoms with E-state index in [1.807, 2.05) is 42.6 Å². The number of nitriles is 1. The van der Waals surface area contributed by atoms with Crippen molar-refractivity contribution in [2.75, 3.05) is 18.4 Å². The van der Waals surface area contributed by atoms with E-state index in [1.165, 1.54) is 0 Å². The van der Waals surface area contributed by atoms with Crippen LogP contribution < -0.4 is 5.32 Å². The van der Waals surface area contributed by atoms with Crippen molar-refractivity contribution in [2.45, 2.75) is 32.9 Å². The molecule has 1 aliphatic heterocycles. The molecule has 1 unspecified atom stereocenters. The first-order chi connectivity index (χ1) is 21.0. The summed E-state index contributed by atoms with van der Waals surface area (Å²) in [4.78, 5) is 16.4. The number of aromatic nitrogens is 3. The number of rotatable bonds is 6. The number of fused-ring (bicyclic) bond motifs is 2. The van der Waals surface area contributed by atoms with Crippen molar-refractivity contribution in [2.24, 2.45) is 0 Å². The van der Waals surface area contributed by atoms with Gasteiger partial charge < -0.3 is 14.8 Å². The van der Waals surface area contributed by atoms with Crippen LogP contribution in [0.4, 0.5) is 11.5 Å². The summed E-state index contributed by atoms with van der Waals surface area (Å²) in [7, 11) is 0. The first-order valence-electron chi connectivity index (χ1n) is 14.4. The van der Waals surface area contributed by atoms with E-state index in [0.29, 0.717) is 34.9 Å². The van der Waals surface area contributed by atoms with E-state index < -0.39 is 0 Å². The number of anilines is 2. The van der Waals surface area contributed by atoms with Crippen molar-refractivity contribution in [3.8, 4) is 28.7 Å². The molecule has 6 aromatic rings. The number of pyridine rings is 2. The Kier molecular flexibility index (Phi) is 6.82. The van der Waals surface area contributed by atoms with Crippen molar-refractivity contribution in [3.63, 3.8) is 0 Å². The second kappa shape index (κ2) is 11.0. The number of nitrogens with one attached hydrogen (secondary N) is 1. The Morgan fingerprint density at radius 1 is 1.00 bits per heavy atom. The number of hydrogen-bond donors (Lipinski definition) is 2. The maximum atomic E-state index is 9.88. The molecule has 43 heavy (non-hydrogen) atoms. The third-order valence-corrected chi connectivity index (χ3v) is 8.29. The van der Waals surface area contributed by atoms with Crippen LogP contribution in [0, 0.1) is 25.2 Å². The van der Waals surface area contributed by atoms with Gasteiger partial charge >= 0.3 is 0 Å². The third-order valence-electron chi connectivity index (χ3n) is 8.29. The molecule has 0 spiro atoms. The van der Waals surface area contributed by atoms with Crippen molar-refractivity contribution >= 4 is 33.5 Å². The Bertz CT molecular complexity index is 2040. The molecule has 3 aromatic carbocycles. The van der Waals surface area contributed by atoms with Crippen LogP contribution in [0.3, 0.4) is 0 Å². The predicted molar refractivity (Wildman–Crippen MR) is 168 cm³/mol. The molecule has 0 radical (unpaired) electrons. The summed E-state index contributed by atoms with van der Waals surface area (Å²) in [5.41, 5.74) is 9.67. The van der Waals surface area contributed by atoms with E-state index in [4.69, 9.17) is 14.4 Å². The number of oxazole rings is 1. The van der Waals surface area contributed by atoms with Crippen molar-refractivity contribution in [1.82, 2.24) is 19.9 Å². The van der Waals surface area contributed by atoms with Crippen LogP contribution in [0.15, 0.2) is 83.5 Å². The molecular weight excluding hydrogens is 536 g/mol. The van der Waals surface area contributed by atoms with Crippen LogP contribution in [-0.4, -0.2) is 44.2 Å². The summed E-state index contributed by atoms with van der Waals surface area (Å²) in [6.07, 6.45) is 4.30. The minimum Gasteiger partial charge on any atom is -0.435 e. The highest BCUT2D eigenvalue weighted by atomic mass is 16.3. The van der Waals surface area contributed by atoms with Gasteiger partial charge in [0.15, 0.2) is 11.4 Å². The Labute approximate surface area is 249 Å². The van der Waals surface area contributed by atoms with Crippen LogP contribution in [-0.2, 0) is 6.54 Å². The van der Waals surface area contributed by atoms with Gasteiger partial charge in [-0.2, -0.15) is 5.26 Å². The standard InChI is InChI=1S/C35H30N6O2/c1-21-27(7-4-9-29(21)35-40-31-11-3-6-25(17-36)33(31)43-35)28-8-5-10-30(22(28)2)39-34-32-24(12-14-37-34)16-23(18-38-32)19-41-15-13-26(42)20-41/h3-12,14,16,18,26,42H,13,15,19-20H2,1-2H3,(H,37,39). The highest BCUT2D eigenvalue weighted by Crippen LogP contribution is 2.37. The van der Waals surface area contributed by atoms with Gasteiger partial charge in [-0.15, -0.1) is 0 Å². The van der Waals surface area contributed by atoms with E-state index in [0.717, 1.165) is 69.5 Å². The Balaban J connectivity index is 1.20. The van der Waals surface area contributed by atoms with Gasteiger partial charge in [0.05, 0.1) is 11.7 Å². The number of hydrogen-bond acceptors (Lipinski definition) is 8. The van der Waals surface area contributed by atoms with Gasteiger partial charge in [0.2, 0.25) is 5.89 Å². The molecule has 4 heterocycles. The molecule has 1 fully saturated rings. The summed E-state index contributed by atoms with van der Waals surface area (Å²) in [6.45, 7) is 6.55. The van der Waals surface area contributed by atoms with Crippen LogP contribution in [0.25, 0.3) is 44.6 Å². The molecule has 212 valence electrons. The topological polar surface area (TPSA) is 111 Å². The Hall–Kier alpha value is -5.10. The largest absolute Gasteiger partial charge is 0.435 e. The lowest BCUT2D eigenvalue weighted by Crippen LogP contribution is -2.21. The van der Waals surface area contributed by atoms with E-state index in [1.54, 1.807) is 12.3 Å². The highest BCUT2D eigenvalue weighted by molar-refractivity contribution is 5.91. The number of β-amino-alcohol motifs (C(OH)–C–C–N with tert-alkyl or cyclic N) is 1. The zero-order chi connectivity index (χ0) is 29.5. The zero-order valence-corrected chi connectivity index (χ0v) is 24.0. The first-order valence-corrected chi connectivity index (χ1v) is 14.4. The molecule has 0 bridgehead atoms. The average Bonchev–Trinajstić information content (AvgIpc) is 3.64. The Morgan fingerprint density at radius 3 is 2.60 bits per heavy atom. The summed E-state index contributed by atoms with van der Waals surface area (Å²) in [5, 5.41) is 23.9. The molecule has 2 N–H and O–H groups in total. The van der Waals surface area contributed by atoms with Gasteiger partial charge in [0.25, 0.3) is 0 Å². The lowest BCUT2D eigenvalue weighted by atomic mass is 9.93. The fraction of sp³-hybridized carbons (Fsp3) is 0.200. The summed E-state index contributed by atoms with van der Waals surface area (Å²) in [5.74, 6) is 1.20. The molecule has 7 rings (SSSR count). The molecule has 1 atom stereocenters. The molecule has 1 aliphatic rings. The maximum Gasteiger partial charge on any atom is 0.227 e. The van der Waals surface area contributed by atoms with E-state index in [2.05, 4.69) is 59.4 Å².